The van der Waals surface area contributed by atoms with Crippen LogP contribution in [0.1, 0.15) is 33.9 Å². The molecule has 1 aliphatic rings. The molecule has 2 aromatic rings. The number of hydrogen-bond acceptors (Lipinski definition) is 4. The van der Waals surface area contributed by atoms with Crippen LogP contribution in [0.15, 0.2) is 17.5 Å². The fourth-order valence-electron chi connectivity index (χ4n) is 2.39. The van der Waals surface area contributed by atoms with Crippen LogP contribution in [0.25, 0.3) is 0 Å². The lowest BCUT2D eigenvalue weighted by molar-refractivity contribution is 0.0673. The first-order valence-corrected chi connectivity index (χ1v) is 6.73. The van der Waals surface area contributed by atoms with Gasteiger partial charge in [0.25, 0.3) is 5.91 Å². The van der Waals surface area contributed by atoms with E-state index in [0.717, 1.165) is 13.0 Å². The number of thiophene rings is 1. The molecule has 1 unspecified atom stereocenters. The maximum absolute atomic E-state index is 12.4. The molecule has 2 aromatic heterocycles. The van der Waals surface area contributed by atoms with Gasteiger partial charge in [0.1, 0.15) is 11.5 Å². The van der Waals surface area contributed by atoms with Crippen LogP contribution < -0.4 is 5.73 Å². The van der Waals surface area contributed by atoms with Crippen LogP contribution in [0, 0.1) is 0 Å². The topological polar surface area (TPSA) is 75.0 Å². The second-order valence-electron chi connectivity index (χ2n) is 4.43. The molecule has 5 nitrogen and oxygen atoms in total. The monoisotopic (exact) mass is 262 g/mol. The van der Waals surface area contributed by atoms with Crippen molar-refractivity contribution in [2.75, 3.05) is 12.3 Å². The highest BCUT2D eigenvalue weighted by molar-refractivity contribution is 7.10. The summed E-state index contributed by atoms with van der Waals surface area (Å²) in [7, 11) is 0. The molecule has 0 spiro atoms. The van der Waals surface area contributed by atoms with Crippen molar-refractivity contribution in [3.8, 4) is 0 Å². The fraction of sp³-hybridized carbons (Fsp3) is 0.333. The Bertz CT molecular complexity index is 588. The predicted octanol–water partition coefficient (Wildman–Crippen LogP) is 1.81. The molecule has 0 radical (unpaired) electrons. The molecule has 1 atom stereocenters. The molecule has 18 heavy (non-hydrogen) atoms. The van der Waals surface area contributed by atoms with E-state index in [-0.39, 0.29) is 11.9 Å². The molecule has 0 aromatic carbocycles. The average Bonchev–Trinajstić information content (AvgIpc) is 2.97. The van der Waals surface area contributed by atoms with Crippen molar-refractivity contribution in [2.45, 2.75) is 19.4 Å². The number of aromatic nitrogens is 2. The van der Waals surface area contributed by atoms with Crippen molar-refractivity contribution in [3.05, 3.63) is 33.6 Å². The normalized spacial score (nSPS) is 18.7. The van der Waals surface area contributed by atoms with E-state index in [1.54, 1.807) is 17.4 Å². The number of nitrogens with two attached hydrogens (primary N) is 1. The van der Waals surface area contributed by atoms with E-state index in [0.29, 0.717) is 11.5 Å². The molecule has 1 aliphatic heterocycles. The number of nitrogen functional groups attached to an aromatic ring is 1. The SMILES string of the molecule is CC1c2ccsc2CCN1C(=O)c1cc(N)n[nH]1. The summed E-state index contributed by atoms with van der Waals surface area (Å²) in [6.45, 7) is 2.80. The van der Waals surface area contributed by atoms with Crippen LogP contribution >= 0.6 is 11.3 Å². The Labute approximate surface area is 109 Å². The number of rotatable bonds is 1. The molecule has 0 saturated carbocycles. The Morgan fingerprint density at radius 2 is 2.50 bits per heavy atom. The first-order chi connectivity index (χ1) is 8.66. The zero-order valence-electron chi connectivity index (χ0n) is 10.0. The van der Waals surface area contributed by atoms with E-state index in [1.165, 1.54) is 10.4 Å². The maximum atomic E-state index is 12.4. The number of anilines is 1. The second-order valence-corrected chi connectivity index (χ2v) is 5.43. The number of aromatic amines is 1. The lowest BCUT2D eigenvalue weighted by atomic mass is 10.0. The summed E-state index contributed by atoms with van der Waals surface area (Å²) in [6.07, 6.45) is 0.923. The first-order valence-electron chi connectivity index (χ1n) is 5.85. The summed E-state index contributed by atoms with van der Waals surface area (Å²) in [5, 5.41) is 8.56. The van der Waals surface area contributed by atoms with Gasteiger partial charge in [-0.2, -0.15) is 5.10 Å². The number of carbonyl (C=O) groups excluding carboxylic acids is 1. The molecule has 3 heterocycles. The average molecular weight is 262 g/mol. The third kappa shape index (κ3) is 1.69. The first kappa shape index (κ1) is 11.3. The Kier molecular flexibility index (Phi) is 2.59. The van der Waals surface area contributed by atoms with Crippen molar-refractivity contribution in [2.24, 2.45) is 0 Å². The third-order valence-corrected chi connectivity index (χ3v) is 4.36. The van der Waals surface area contributed by atoms with Crippen LogP contribution in [-0.2, 0) is 6.42 Å². The second kappa shape index (κ2) is 4.13. The van der Waals surface area contributed by atoms with Gasteiger partial charge >= 0.3 is 0 Å². The third-order valence-electron chi connectivity index (χ3n) is 3.37. The van der Waals surface area contributed by atoms with Crippen LogP contribution in [0.3, 0.4) is 0 Å². The predicted molar refractivity (Wildman–Crippen MR) is 70.5 cm³/mol. The Balaban J connectivity index is 1.88. The Morgan fingerprint density at radius 3 is 3.22 bits per heavy atom. The smallest absolute Gasteiger partial charge is 0.272 e. The zero-order valence-corrected chi connectivity index (χ0v) is 10.8. The van der Waals surface area contributed by atoms with Gasteiger partial charge in [0.15, 0.2) is 0 Å². The van der Waals surface area contributed by atoms with Crippen molar-refractivity contribution >= 4 is 23.1 Å². The minimum Gasteiger partial charge on any atom is -0.382 e. The van der Waals surface area contributed by atoms with Gasteiger partial charge in [-0.3, -0.25) is 9.89 Å². The summed E-state index contributed by atoms with van der Waals surface area (Å²) in [4.78, 5) is 15.6. The number of amides is 1. The lowest BCUT2D eigenvalue weighted by Crippen LogP contribution is -2.38. The number of hydrogen-bond donors (Lipinski definition) is 2. The highest BCUT2D eigenvalue weighted by Gasteiger charge is 2.29. The van der Waals surface area contributed by atoms with Gasteiger partial charge in [-0.25, -0.2) is 0 Å². The van der Waals surface area contributed by atoms with Crippen LogP contribution in [0.4, 0.5) is 5.82 Å². The molecule has 0 bridgehead atoms. The molecule has 94 valence electrons. The molecular weight excluding hydrogens is 248 g/mol. The summed E-state index contributed by atoms with van der Waals surface area (Å²) in [5.74, 6) is 0.308. The Morgan fingerprint density at radius 1 is 1.67 bits per heavy atom. The highest BCUT2D eigenvalue weighted by atomic mass is 32.1. The van der Waals surface area contributed by atoms with E-state index >= 15 is 0 Å². The minimum absolute atomic E-state index is 0.0384. The number of H-pyrrole nitrogens is 1. The number of nitrogens with one attached hydrogen (secondary N) is 1. The zero-order chi connectivity index (χ0) is 12.7. The fourth-order valence-corrected chi connectivity index (χ4v) is 3.35. The van der Waals surface area contributed by atoms with E-state index in [1.807, 2.05) is 4.90 Å². The molecule has 1 amide bonds. The van der Waals surface area contributed by atoms with E-state index < -0.39 is 0 Å². The molecule has 3 rings (SSSR count). The number of carbonyl (C=O) groups is 1. The molecule has 6 heteroatoms. The van der Waals surface area contributed by atoms with Gasteiger partial charge < -0.3 is 10.6 Å². The number of nitrogens with zero attached hydrogens (tertiary/aromatic N) is 2. The lowest BCUT2D eigenvalue weighted by Gasteiger charge is -2.33. The van der Waals surface area contributed by atoms with Crippen LogP contribution in [-0.4, -0.2) is 27.5 Å². The van der Waals surface area contributed by atoms with E-state index in [4.69, 9.17) is 5.73 Å². The largest absolute Gasteiger partial charge is 0.382 e. The van der Waals surface area contributed by atoms with Gasteiger partial charge in [0.05, 0.1) is 6.04 Å². The van der Waals surface area contributed by atoms with E-state index in [2.05, 4.69) is 28.6 Å². The standard InChI is InChI=1S/C12H14N4OS/c1-7-8-3-5-18-10(8)2-4-16(7)12(17)9-6-11(13)15-14-9/h3,5-7H,2,4H2,1H3,(H3,13,14,15). The summed E-state index contributed by atoms with van der Waals surface area (Å²) in [5.41, 5.74) is 7.24. The number of fused-ring (bicyclic) bond motifs is 1. The van der Waals surface area contributed by atoms with Gasteiger partial charge in [-0.05, 0) is 30.4 Å². The summed E-state index contributed by atoms with van der Waals surface area (Å²) >= 11 is 1.76. The molecule has 0 fully saturated rings. The van der Waals surface area contributed by atoms with Gasteiger partial charge in [-0.15, -0.1) is 11.3 Å². The van der Waals surface area contributed by atoms with Crippen molar-refractivity contribution < 1.29 is 4.79 Å². The molecular formula is C12H14N4OS. The van der Waals surface area contributed by atoms with E-state index in [9.17, 15) is 4.79 Å². The quantitative estimate of drug-likeness (QED) is 0.823. The van der Waals surface area contributed by atoms with Crippen LogP contribution in [0.2, 0.25) is 0 Å². The summed E-state index contributed by atoms with van der Waals surface area (Å²) < 4.78 is 0. The van der Waals surface area contributed by atoms with Crippen molar-refractivity contribution in [1.82, 2.24) is 15.1 Å². The molecule has 0 aliphatic carbocycles. The van der Waals surface area contributed by atoms with Gasteiger partial charge in [0.2, 0.25) is 0 Å². The van der Waals surface area contributed by atoms with Crippen molar-refractivity contribution in [3.63, 3.8) is 0 Å². The van der Waals surface area contributed by atoms with Crippen molar-refractivity contribution in [1.29, 1.82) is 0 Å². The maximum Gasteiger partial charge on any atom is 0.272 e. The van der Waals surface area contributed by atoms with Gasteiger partial charge in [-0.1, -0.05) is 0 Å². The van der Waals surface area contributed by atoms with Gasteiger partial charge in [0, 0.05) is 17.5 Å². The highest BCUT2D eigenvalue weighted by Crippen LogP contribution is 2.33. The van der Waals surface area contributed by atoms with Crippen LogP contribution in [0.5, 0.6) is 0 Å². The summed E-state index contributed by atoms with van der Waals surface area (Å²) in [6, 6.07) is 3.79. The molecule has 0 saturated heterocycles. The Hall–Kier alpha value is -1.82. The minimum atomic E-state index is -0.0384. The molecule has 3 N–H and O–H groups in total.